The fourth-order valence-corrected chi connectivity index (χ4v) is 4.94. The van der Waals surface area contributed by atoms with Crippen LogP contribution in [0.1, 0.15) is 37.1 Å². The molecular formula is C21H31N3O2. The van der Waals surface area contributed by atoms with Crippen molar-refractivity contribution < 1.29 is 9.53 Å². The Bertz CT molecular complexity index is 650. The van der Waals surface area contributed by atoms with E-state index in [1.807, 2.05) is 7.11 Å². The van der Waals surface area contributed by atoms with E-state index in [2.05, 4.69) is 39.9 Å². The number of amides is 1. The molecule has 26 heavy (non-hydrogen) atoms. The zero-order valence-electron chi connectivity index (χ0n) is 16.1. The van der Waals surface area contributed by atoms with Crippen molar-refractivity contribution in [1.29, 1.82) is 0 Å². The van der Waals surface area contributed by atoms with E-state index < -0.39 is 0 Å². The quantitative estimate of drug-likeness (QED) is 0.812. The van der Waals surface area contributed by atoms with Gasteiger partial charge in [0.25, 0.3) is 0 Å². The Hall–Kier alpha value is -1.46. The van der Waals surface area contributed by atoms with Gasteiger partial charge in [-0.1, -0.05) is 6.07 Å². The number of hydrogen-bond donors (Lipinski definition) is 0. The summed E-state index contributed by atoms with van der Waals surface area (Å²) in [6.45, 7) is 7.79. The molecule has 1 spiro atoms. The number of carbonyl (C=O) groups is 1. The van der Waals surface area contributed by atoms with Gasteiger partial charge in [0.05, 0.1) is 12.3 Å². The summed E-state index contributed by atoms with van der Waals surface area (Å²) in [6.07, 6.45) is 4.42. The summed E-state index contributed by atoms with van der Waals surface area (Å²) in [5, 5.41) is 0. The highest BCUT2D eigenvalue weighted by Gasteiger charge is 2.49. The van der Waals surface area contributed by atoms with E-state index in [1.165, 1.54) is 0 Å². The second-order valence-corrected chi connectivity index (χ2v) is 8.55. The van der Waals surface area contributed by atoms with Gasteiger partial charge in [0, 0.05) is 57.4 Å². The maximum atomic E-state index is 12.4. The van der Waals surface area contributed by atoms with Gasteiger partial charge in [-0.15, -0.1) is 0 Å². The molecule has 1 atom stereocenters. The first-order valence-electron chi connectivity index (χ1n) is 10.0. The minimum Gasteiger partial charge on any atom is -0.384 e. The summed E-state index contributed by atoms with van der Waals surface area (Å²) >= 11 is 0. The zero-order chi connectivity index (χ0) is 18.1. The van der Waals surface area contributed by atoms with Crippen LogP contribution in [0.3, 0.4) is 0 Å². The number of carbonyl (C=O) groups excluding carboxylic acids is 1. The molecular weight excluding hydrogens is 326 g/mol. The molecule has 3 fully saturated rings. The fourth-order valence-electron chi connectivity index (χ4n) is 4.94. The Morgan fingerprint density at radius 2 is 2.08 bits per heavy atom. The highest BCUT2D eigenvalue weighted by atomic mass is 16.5. The number of rotatable bonds is 5. The molecule has 0 bridgehead atoms. The Kier molecular flexibility index (Phi) is 5.02. The lowest BCUT2D eigenvalue weighted by Gasteiger charge is -2.42. The van der Waals surface area contributed by atoms with Gasteiger partial charge >= 0.3 is 0 Å². The summed E-state index contributed by atoms with van der Waals surface area (Å²) in [7, 11) is 1.81. The van der Waals surface area contributed by atoms with Gasteiger partial charge in [0.1, 0.15) is 0 Å². The lowest BCUT2D eigenvalue weighted by atomic mass is 9.71. The van der Waals surface area contributed by atoms with Crippen molar-refractivity contribution in [3.05, 3.63) is 29.6 Å². The fraction of sp³-hybridized carbons (Fsp3) is 0.714. The van der Waals surface area contributed by atoms with E-state index in [-0.39, 0.29) is 0 Å². The van der Waals surface area contributed by atoms with E-state index in [0.29, 0.717) is 23.2 Å². The topological polar surface area (TPSA) is 45.7 Å². The monoisotopic (exact) mass is 357 g/mol. The molecule has 2 aliphatic heterocycles. The van der Waals surface area contributed by atoms with Crippen LogP contribution in [0.15, 0.2) is 18.2 Å². The van der Waals surface area contributed by atoms with Gasteiger partial charge in [0.2, 0.25) is 5.91 Å². The minimum absolute atomic E-state index is 0.292. The second kappa shape index (κ2) is 7.28. The summed E-state index contributed by atoms with van der Waals surface area (Å²) < 4.78 is 5.57. The Morgan fingerprint density at radius 1 is 1.31 bits per heavy atom. The normalized spacial score (nSPS) is 25.8. The summed E-state index contributed by atoms with van der Waals surface area (Å²) in [6, 6.07) is 6.27. The van der Waals surface area contributed by atoms with Crippen molar-refractivity contribution in [3.8, 4) is 0 Å². The van der Waals surface area contributed by atoms with Crippen LogP contribution >= 0.6 is 0 Å². The SMILES string of the molecule is COC[C@H]1CN(Cc2cccc(C)n2)CC12CCN(C(=O)C1CC1)CC2. The van der Waals surface area contributed by atoms with E-state index >= 15 is 0 Å². The number of likely N-dealkylation sites (tertiary alicyclic amines) is 2. The number of nitrogens with zero attached hydrogens (tertiary/aromatic N) is 3. The highest BCUT2D eigenvalue weighted by molar-refractivity contribution is 5.81. The third-order valence-electron chi connectivity index (χ3n) is 6.58. The van der Waals surface area contributed by atoms with Crippen molar-refractivity contribution in [1.82, 2.24) is 14.8 Å². The molecule has 0 N–H and O–H groups in total. The molecule has 142 valence electrons. The molecule has 0 radical (unpaired) electrons. The molecule has 4 rings (SSSR count). The average molecular weight is 357 g/mol. The maximum Gasteiger partial charge on any atom is 0.225 e. The number of methoxy groups -OCH3 is 1. The standard InChI is InChI=1S/C21H31N3O2/c1-16-4-3-5-19(22-16)13-23-12-18(14-26-2)21(15-23)8-10-24(11-9-21)20(25)17-6-7-17/h3-5,17-18H,6-15H2,1-2H3/t18-/m1/s1. The summed E-state index contributed by atoms with van der Waals surface area (Å²) in [5.74, 6) is 1.30. The average Bonchev–Trinajstić information content (AvgIpc) is 3.42. The molecule has 3 aliphatic rings. The molecule has 0 aromatic carbocycles. The highest BCUT2D eigenvalue weighted by Crippen LogP contribution is 2.46. The number of pyridine rings is 1. The minimum atomic E-state index is 0.292. The van der Waals surface area contributed by atoms with Gasteiger partial charge in [-0.25, -0.2) is 0 Å². The van der Waals surface area contributed by atoms with Crippen molar-refractivity contribution in [2.24, 2.45) is 17.3 Å². The molecule has 1 amide bonds. The third-order valence-corrected chi connectivity index (χ3v) is 6.58. The van der Waals surface area contributed by atoms with E-state index in [0.717, 1.165) is 76.4 Å². The van der Waals surface area contributed by atoms with Crippen LogP contribution in [0, 0.1) is 24.2 Å². The molecule has 0 unspecified atom stereocenters. The lowest BCUT2D eigenvalue weighted by Crippen LogP contribution is -2.47. The van der Waals surface area contributed by atoms with Crippen molar-refractivity contribution in [2.75, 3.05) is 39.9 Å². The number of ether oxygens (including phenoxy) is 1. The maximum absolute atomic E-state index is 12.4. The molecule has 1 aliphatic carbocycles. The van der Waals surface area contributed by atoms with Gasteiger partial charge in [-0.3, -0.25) is 14.7 Å². The second-order valence-electron chi connectivity index (χ2n) is 8.55. The lowest BCUT2D eigenvalue weighted by molar-refractivity contribution is -0.135. The van der Waals surface area contributed by atoms with Crippen LogP contribution in [0.4, 0.5) is 0 Å². The zero-order valence-corrected chi connectivity index (χ0v) is 16.1. The predicted molar refractivity (Wildman–Crippen MR) is 101 cm³/mol. The Labute approximate surface area is 156 Å². The first-order chi connectivity index (χ1) is 12.6. The number of piperidine rings is 1. The predicted octanol–water partition coefficient (Wildman–Crippen LogP) is 2.49. The van der Waals surface area contributed by atoms with Gasteiger partial charge in [-0.2, -0.15) is 0 Å². The number of hydrogen-bond acceptors (Lipinski definition) is 4. The molecule has 3 heterocycles. The molecule has 2 saturated heterocycles. The van der Waals surface area contributed by atoms with Crippen molar-refractivity contribution in [3.63, 3.8) is 0 Å². The molecule has 1 aromatic rings. The largest absolute Gasteiger partial charge is 0.384 e. The molecule has 1 saturated carbocycles. The van der Waals surface area contributed by atoms with Crippen molar-refractivity contribution >= 4 is 5.91 Å². The molecule has 5 nitrogen and oxygen atoms in total. The molecule has 5 heteroatoms. The van der Waals surface area contributed by atoms with Crippen LogP contribution in [-0.2, 0) is 16.1 Å². The summed E-state index contributed by atoms with van der Waals surface area (Å²) in [4.78, 5) is 21.7. The van der Waals surface area contributed by atoms with E-state index in [9.17, 15) is 4.79 Å². The Balaban J connectivity index is 1.42. The van der Waals surface area contributed by atoms with Crippen LogP contribution in [0.25, 0.3) is 0 Å². The Morgan fingerprint density at radius 3 is 2.73 bits per heavy atom. The third kappa shape index (κ3) is 3.65. The molecule has 1 aromatic heterocycles. The van der Waals surface area contributed by atoms with Crippen LogP contribution in [0.2, 0.25) is 0 Å². The van der Waals surface area contributed by atoms with Gasteiger partial charge < -0.3 is 9.64 Å². The van der Waals surface area contributed by atoms with E-state index in [4.69, 9.17) is 4.74 Å². The smallest absolute Gasteiger partial charge is 0.225 e. The van der Waals surface area contributed by atoms with Crippen molar-refractivity contribution in [2.45, 2.75) is 39.2 Å². The summed E-state index contributed by atoms with van der Waals surface area (Å²) in [5.41, 5.74) is 2.52. The number of aryl methyl sites for hydroxylation is 1. The van der Waals surface area contributed by atoms with Gasteiger partial charge in [0.15, 0.2) is 0 Å². The van der Waals surface area contributed by atoms with E-state index in [1.54, 1.807) is 0 Å². The van der Waals surface area contributed by atoms with Crippen LogP contribution in [-0.4, -0.2) is 60.6 Å². The first kappa shape index (κ1) is 17.9. The first-order valence-corrected chi connectivity index (χ1v) is 10.0. The van der Waals surface area contributed by atoms with Crippen LogP contribution < -0.4 is 0 Å². The van der Waals surface area contributed by atoms with Crippen LogP contribution in [0.5, 0.6) is 0 Å². The van der Waals surface area contributed by atoms with Gasteiger partial charge in [-0.05, 0) is 50.2 Å². The number of aromatic nitrogens is 1.